The molecule has 262 valence electrons. The Balaban J connectivity index is 1.67. The highest BCUT2D eigenvalue weighted by Crippen LogP contribution is 2.27. The molecule has 0 aromatic heterocycles. The van der Waals surface area contributed by atoms with Crippen LogP contribution in [0.25, 0.3) is 0 Å². The third kappa shape index (κ3) is 13.0. The molecule has 0 aromatic rings. The summed E-state index contributed by atoms with van der Waals surface area (Å²) >= 11 is 6.20. The number of aliphatic hydroxyl groups excluding tert-OH is 1. The first-order valence-electron chi connectivity index (χ1n) is 17.6. The first-order chi connectivity index (χ1) is 23.1. The van der Waals surface area contributed by atoms with E-state index in [0.717, 1.165) is 81.4 Å². The minimum absolute atomic E-state index is 0.112. The first-order valence-corrected chi connectivity index (χ1v) is 18.1. The van der Waals surface area contributed by atoms with Gasteiger partial charge in [0.15, 0.2) is 0 Å². The van der Waals surface area contributed by atoms with Crippen LogP contribution in [0.15, 0.2) is 106 Å². The smallest absolute Gasteiger partial charge is 0.303 e. The molecule has 8 heteroatoms. The van der Waals surface area contributed by atoms with Crippen LogP contribution in [-0.4, -0.2) is 87.3 Å². The van der Waals surface area contributed by atoms with E-state index in [9.17, 15) is 9.90 Å². The van der Waals surface area contributed by atoms with Gasteiger partial charge in [0.2, 0.25) is 0 Å². The average molecular weight is 677 g/mol. The monoisotopic (exact) mass is 676 g/mol. The summed E-state index contributed by atoms with van der Waals surface area (Å²) in [6.07, 6.45) is 30.0. The second kappa shape index (κ2) is 21.0. The highest BCUT2D eigenvalue weighted by atomic mass is 35.5. The molecule has 7 nitrogen and oxygen atoms in total. The van der Waals surface area contributed by atoms with E-state index in [2.05, 4.69) is 66.5 Å². The number of rotatable bonds is 18. The molecule has 0 aromatic carbocycles. The van der Waals surface area contributed by atoms with Crippen LogP contribution in [0.3, 0.4) is 0 Å². The molecule has 1 aliphatic carbocycles. The van der Waals surface area contributed by atoms with Crippen molar-refractivity contribution in [2.24, 2.45) is 9.98 Å². The van der Waals surface area contributed by atoms with Gasteiger partial charge in [0, 0.05) is 44.0 Å². The van der Waals surface area contributed by atoms with Crippen molar-refractivity contribution in [2.45, 2.75) is 115 Å². The van der Waals surface area contributed by atoms with Crippen molar-refractivity contribution in [3.05, 3.63) is 96.3 Å². The third-order valence-electron chi connectivity index (χ3n) is 9.22. The molecule has 2 N–H and O–H groups in total. The van der Waals surface area contributed by atoms with Gasteiger partial charge in [-0.1, -0.05) is 68.5 Å². The van der Waals surface area contributed by atoms with Crippen LogP contribution in [0.4, 0.5) is 0 Å². The van der Waals surface area contributed by atoms with Crippen molar-refractivity contribution >= 4 is 29.5 Å². The van der Waals surface area contributed by atoms with Crippen LogP contribution in [0, 0.1) is 0 Å². The first kappa shape index (κ1) is 39.2. The Morgan fingerprint density at radius 3 is 2.54 bits per heavy atom. The largest absolute Gasteiger partial charge is 0.481 e. The number of hydrogen-bond acceptors (Lipinski definition) is 6. The van der Waals surface area contributed by atoms with E-state index in [4.69, 9.17) is 26.7 Å². The number of nitrogens with zero attached hydrogens (tertiary/aromatic N) is 4. The van der Waals surface area contributed by atoms with Gasteiger partial charge in [0.1, 0.15) is 6.23 Å². The van der Waals surface area contributed by atoms with Crippen LogP contribution in [0.2, 0.25) is 0 Å². The van der Waals surface area contributed by atoms with Gasteiger partial charge in [-0.05, 0) is 99.8 Å². The molecule has 0 amide bonds. The number of aliphatic carboxylic acids is 1. The molecule has 1 saturated heterocycles. The summed E-state index contributed by atoms with van der Waals surface area (Å²) in [7, 11) is 0. The number of hydrogen-bond donors (Lipinski definition) is 2. The highest BCUT2D eigenvalue weighted by Gasteiger charge is 2.30. The Labute approximate surface area is 294 Å². The number of unbranched alkanes of at least 4 members (excludes halogenated alkanes) is 2. The van der Waals surface area contributed by atoms with Gasteiger partial charge >= 0.3 is 5.97 Å². The number of allylic oxidation sites excluding steroid dienone is 8. The molecule has 3 aliphatic rings. The van der Waals surface area contributed by atoms with E-state index in [1.54, 1.807) is 6.08 Å². The lowest BCUT2D eigenvalue weighted by Crippen LogP contribution is -2.47. The highest BCUT2D eigenvalue weighted by molar-refractivity contribution is 6.21. The van der Waals surface area contributed by atoms with Crippen LogP contribution < -0.4 is 0 Å². The number of aliphatic imine (C=N–C) groups is 2. The third-order valence-corrected chi connectivity index (χ3v) is 9.57. The van der Waals surface area contributed by atoms with E-state index in [1.807, 2.05) is 38.3 Å². The molecule has 0 bridgehead atoms. The Morgan fingerprint density at radius 2 is 1.85 bits per heavy atom. The van der Waals surface area contributed by atoms with Crippen LogP contribution >= 0.6 is 11.6 Å². The van der Waals surface area contributed by atoms with Crippen molar-refractivity contribution in [3.63, 3.8) is 0 Å². The summed E-state index contributed by atoms with van der Waals surface area (Å²) < 4.78 is 0. The molecule has 2 heterocycles. The second-order valence-electron chi connectivity index (χ2n) is 13.0. The van der Waals surface area contributed by atoms with E-state index in [-0.39, 0.29) is 23.9 Å². The minimum atomic E-state index is -0.752. The maximum Gasteiger partial charge on any atom is 0.303 e. The number of carboxylic acids is 1. The van der Waals surface area contributed by atoms with Gasteiger partial charge in [-0.2, -0.15) is 0 Å². The summed E-state index contributed by atoms with van der Waals surface area (Å²) in [6.45, 7) is 16.6. The number of aliphatic hydroxyl groups is 1. The van der Waals surface area contributed by atoms with E-state index < -0.39 is 12.2 Å². The minimum Gasteiger partial charge on any atom is -0.481 e. The molecule has 4 unspecified atom stereocenters. The summed E-state index contributed by atoms with van der Waals surface area (Å²) in [5.41, 5.74) is 5.42. The van der Waals surface area contributed by atoms with Crippen molar-refractivity contribution in [2.75, 3.05) is 19.6 Å². The Morgan fingerprint density at radius 1 is 1.10 bits per heavy atom. The average Bonchev–Trinajstić information content (AvgIpc) is 3.30. The number of likely N-dealkylation sites (tertiary alicyclic amines) is 1. The summed E-state index contributed by atoms with van der Waals surface area (Å²) in [6, 6.07) is 0.00956. The van der Waals surface area contributed by atoms with Crippen molar-refractivity contribution in [1.82, 2.24) is 9.80 Å². The van der Waals surface area contributed by atoms with Gasteiger partial charge in [0.25, 0.3) is 0 Å². The fourth-order valence-electron chi connectivity index (χ4n) is 6.26. The fourth-order valence-corrected chi connectivity index (χ4v) is 6.35. The number of halogens is 1. The van der Waals surface area contributed by atoms with Crippen molar-refractivity contribution in [3.8, 4) is 0 Å². The van der Waals surface area contributed by atoms with E-state index >= 15 is 0 Å². The SMILES string of the molecule is C=CC1=C(/C=C\CC)C=CN(C2CCN(C(O)C3=CC(/N=C(\C)CCCCCC(=O)O)C(/N=C/C(C)=C/CC(Cl)C=C)C=C3)CC2)CC1. The zero-order valence-electron chi connectivity index (χ0n) is 29.3. The number of alkyl halides is 1. The van der Waals surface area contributed by atoms with Gasteiger partial charge in [-0.3, -0.25) is 19.7 Å². The molecular formula is C40H57ClN4O3. The topological polar surface area (TPSA) is 88.7 Å². The van der Waals surface area contributed by atoms with E-state index in [1.165, 1.54) is 11.1 Å². The summed E-state index contributed by atoms with van der Waals surface area (Å²) in [4.78, 5) is 25.4. The zero-order valence-corrected chi connectivity index (χ0v) is 30.1. The molecule has 1 fully saturated rings. The molecule has 0 spiro atoms. The fraction of sp³-hybridized carbons (Fsp3) is 0.525. The lowest BCUT2D eigenvalue weighted by atomic mass is 9.95. The molecule has 3 rings (SSSR count). The molecule has 2 aliphatic heterocycles. The van der Waals surface area contributed by atoms with Gasteiger partial charge in [0.05, 0.1) is 17.5 Å². The van der Waals surface area contributed by atoms with Crippen LogP contribution in [0.1, 0.15) is 85.0 Å². The maximum absolute atomic E-state index is 11.6. The quantitative estimate of drug-likeness (QED) is 0.0659. The lowest BCUT2D eigenvalue weighted by molar-refractivity contribution is -0.137. The van der Waals surface area contributed by atoms with Crippen LogP contribution in [0.5, 0.6) is 0 Å². The number of piperidine rings is 1. The normalized spacial score (nSPS) is 23.1. The summed E-state index contributed by atoms with van der Waals surface area (Å²) in [5, 5.41) is 20.4. The van der Waals surface area contributed by atoms with Crippen molar-refractivity contribution in [1.29, 1.82) is 0 Å². The summed E-state index contributed by atoms with van der Waals surface area (Å²) in [5.74, 6) is -0.752. The molecular weight excluding hydrogens is 620 g/mol. The van der Waals surface area contributed by atoms with Crippen LogP contribution in [-0.2, 0) is 4.79 Å². The van der Waals surface area contributed by atoms with E-state index in [0.29, 0.717) is 18.9 Å². The molecule has 0 saturated carbocycles. The predicted molar refractivity (Wildman–Crippen MR) is 203 cm³/mol. The molecule has 48 heavy (non-hydrogen) atoms. The number of carbonyl (C=O) groups is 1. The predicted octanol–water partition coefficient (Wildman–Crippen LogP) is 8.37. The Hall–Kier alpha value is -3.26. The second-order valence-corrected chi connectivity index (χ2v) is 13.5. The zero-order chi connectivity index (χ0) is 34.9. The Bertz CT molecular complexity index is 1330. The molecule has 4 atom stereocenters. The van der Waals surface area contributed by atoms with Crippen molar-refractivity contribution < 1.29 is 15.0 Å². The maximum atomic E-state index is 11.6. The Kier molecular flexibility index (Phi) is 17.1. The van der Waals surface area contributed by atoms with Gasteiger partial charge < -0.3 is 15.1 Å². The number of carboxylic acid groups (broad SMARTS) is 1. The standard InChI is InChI=1S/C40H57ClN4O3/c1-6-9-14-33-21-25-44(24-20-32(33)7-2)36-22-26-45(27-23-36)40(48)34-17-19-37(42-29-30(4)16-18-35(41)8-3)38(28-34)43-31(5)13-11-10-12-15-39(46)47/h7-9,14,16-17,19,21,25,28-29,35-38,40,48H,2-3,6,10-13,15,18,20,22-24,26-27H2,1,4-5H3,(H,46,47)/b14-9-,30-16+,42-29+,43-31+. The van der Waals surface area contributed by atoms with Gasteiger partial charge in [-0.15, -0.1) is 18.2 Å². The molecule has 0 radical (unpaired) electrons. The lowest BCUT2D eigenvalue weighted by Gasteiger charge is -2.40. The van der Waals surface area contributed by atoms with Gasteiger partial charge in [-0.25, -0.2) is 0 Å².